The Morgan fingerprint density at radius 2 is 1.57 bits per heavy atom. The molecule has 0 aromatic heterocycles. The molecule has 2 unspecified atom stereocenters. The molecule has 0 aromatic rings. The lowest BCUT2D eigenvalue weighted by atomic mass is 10.1. The molecule has 2 atom stereocenters. The molecule has 0 aliphatic heterocycles. The molecule has 0 heterocycles. The number of hydrogen-bond donors (Lipinski definition) is 1. The summed E-state index contributed by atoms with van der Waals surface area (Å²) in [5.41, 5.74) is -1.26. The molecule has 0 saturated heterocycles. The van der Waals surface area contributed by atoms with E-state index in [4.69, 9.17) is 5.11 Å². The number of rotatable bonds is 4. The van der Waals surface area contributed by atoms with Crippen molar-refractivity contribution in [3.63, 3.8) is 0 Å². The number of esters is 1. The molecule has 132 valence electrons. The zero-order chi connectivity index (χ0) is 18.4. The Bertz CT molecular complexity index is 518. The van der Waals surface area contributed by atoms with Gasteiger partial charge in [0.1, 0.15) is 0 Å². The molecule has 23 heavy (non-hydrogen) atoms. The highest BCUT2D eigenvalue weighted by Crippen LogP contribution is 2.59. The van der Waals surface area contributed by atoms with Crippen LogP contribution in [0, 0.1) is 17.3 Å². The van der Waals surface area contributed by atoms with Crippen LogP contribution in [-0.4, -0.2) is 35.5 Å². The topological polar surface area (TPSA) is 63.6 Å². The third-order valence-electron chi connectivity index (χ3n) is 3.75. The highest BCUT2D eigenvalue weighted by molar-refractivity contribution is 5.88. The minimum atomic E-state index is -5.79. The molecule has 0 spiro atoms. The molecular weight excluding hydrogens is 334 g/mol. The van der Waals surface area contributed by atoms with Gasteiger partial charge >= 0.3 is 24.3 Å². The SMILES string of the molecule is CC(=CC1C(C(=O)O)C1(C)C)C(=O)OC(C(F)(F)F)C(F)(F)F. The minimum Gasteiger partial charge on any atom is -0.481 e. The van der Waals surface area contributed by atoms with Gasteiger partial charge in [-0.2, -0.15) is 26.3 Å². The Kier molecular flexibility index (Phi) is 4.80. The Morgan fingerprint density at radius 1 is 1.13 bits per heavy atom. The van der Waals surface area contributed by atoms with Gasteiger partial charge < -0.3 is 9.84 Å². The van der Waals surface area contributed by atoms with E-state index in [0.717, 1.165) is 13.0 Å². The van der Waals surface area contributed by atoms with E-state index in [2.05, 4.69) is 4.74 Å². The highest BCUT2D eigenvalue weighted by Gasteiger charge is 2.62. The third-order valence-corrected chi connectivity index (χ3v) is 3.75. The smallest absolute Gasteiger partial charge is 0.434 e. The van der Waals surface area contributed by atoms with Crippen LogP contribution in [0.3, 0.4) is 0 Å². The summed E-state index contributed by atoms with van der Waals surface area (Å²) in [7, 11) is 0. The van der Waals surface area contributed by atoms with Crippen LogP contribution in [0.15, 0.2) is 11.6 Å². The van der Waals surface area contributed by atoms with E-state index in [0.29, 0.717) is 0 Å². The van der Waals surface area contributed by atoms with Crippen LogP contribution in [0.5, 0.6) is 0 Å². The van der Waals surface area contributed by atoms with Gasteiger partial charge in [-0.25, -0.2) is 4.79 Å². The quantitative estimate of drug-likeness (QED) is 0.481. The fourth-order valence-electron chi connectivity index (χ4n) is 2.32. The van der Waals surface area contributed by atoms with E-state index >= 15 is 0 Å². The molecule has 0 aromatic carbocycles. The molecule has 1 rings (SSSR count). The number of allylic oxidation sites excluding steroid dienone is 1. The van der Waals surface area contributed by atoms with E-state index in [9.17, 15) is 35.9 Å². The van der Waals surface area contributed by atoms with Gasteiger partial charge in [0.15, 0.2) is 0 Å². The number of carboxylic acid groups (broad SMARTS) is 1. The summed E-state index contributed by atoms with van der Waals surface area (Å²) in [4.78, 5) is 22.4. The summed E-state index contributed by atoms with van der Waals surface area (Å²) in [6.07, 6.45) is -14.8. The molecule has 4 nitrogen and oxygen atoms in total. The van der Waals surface area contributed by atoms with E-state index < -0.39 is 53.2 Å². The maximum atomic E-state index is 12.3. The average Bonchev–Trinajstić information content (AvgIpc) is 2.84. The van der Waals surface area contributed by atoms with Crippen LogP contribution in [-0.2, 0) is 14.3 Å². The zero-order valence-corrected chi connectivity index (χ0v) is 12.2. The molecule has 0 radical (unpaired) electrons. The first-order valence-corrected chi connectivity index (χ1v) is 6.35. The van der Waals surface area contributed by atoms with Crippen molar-refractivity contribution in [2.75, 3.05) is 0 Å². The molecule has 1 aliphatic carbocycles. The predicted octanol–water partition coefficient (Wildman–Crippen LogP) is 3.33. The van der Waals surface area contributed by atoms with Gasteiger partial charge in [0.25, 0.3) is 6.10 Å². The number of carboxylic acids is 1. The molecule has 1 fully saturated rings. The van der Waals surface area contributed by atoms with E-state index in [1.165, 1.54) is 0 Å². The number of ether oxygens (including phenoxy) is 1. The summed E-state index contributed by atoms with van der Waals surface area (Å²) in [5.74, 6) is -4.51. The Morgan fingerprint density at radius 3 is 1.87 bits per heavy atom. The molecule has 1 aliphatic rings. The van der Waals surface area contributed by atoms with Gasteiger partial charge in [0.2, 0.25) is 0 Å². The van der Waals surface area contributed by atoms with E-state index in [1.54, 1.807) is 13.8 Å². The highest BCUT2D eigenvalue weighted by atomic mass is 19.4. The largest absolute Gasteiger partial charge is 0.481 e. The normalized spacial score (nSPS) is 24.5. The van der Waals surface area contributed by atoms with Crippen molar-refractivity contribution >= 4 is 11.9 Å². The molecule has 0 amide bonds. The van der Waals surface area contributed by atoms with Crippen LogP contribution in [0.25, 0.3) is 0 Å². The molecule has 10 heteroatoms. The number of aliphatic carboxylic acids is 1. The minimum absolute atomic E-state index is 0.509. The van der Waals surface area contributed by atoms with Crippen molar-refractivity contribution in [2.45, 2.75) is 39.2 Å². The summed E-state index contributed by atoms with van der Waals surface area (Å²) in [6, 6.07) is 0. The summed E-state index contributed by atoms with van der Waals surface area (Å²) >= 11 is 0. The molecule has 0 bridgehead atoms. The lowest BCUT2D eigenvalue weighted by Gasteiger charge is -2.22. The maximum absolute atomic E-state index is 12.3. The predicted molar refractivity (Wildman–Crippen MR) is 64.1 cm³/mol. The number of carbonyl (C=O) groups is 2. The van der Waals surface area contributed by atoms with Crippen LogP contribution < -0.4 is 0 Å². The van der Waals surface area contributed by atoms with Crippen molar-refractivity contribution in [3.8, 4) is 0 Å². The monoisotopic (exact) mass is 348 g/mol. The first kappa shape index (κ1) is 19.3. The van der Waals surface area contributed by atoms with Crippen molar-refractivity contribution in [1.82, 2.24) is 0 Å². The Hall–Kier alpha value is -1.74. The summed E-state index contributed by atoms with van der Waals surface area (Å²) < 4.78 is 77.4. The Labute approximate surface area is 127 Å². The Balaban J connectivity index is 2.89. The van der Waals surface area contributed by atoms with E-state index in [1.807, 2.05) is 0 Å². The summed E-state index contributed by atoms with van der Waals surface area (Å²) in [5, 5.41) is 8.93. The average molecular weight is 348 g/mol. The van der Waals surface area contributed by atoms with Gasteiger partial charge in [-0.1, -0.05) is 19.9 Å². The molecule has 1 saturated carbocycles. The van der Waals surface area contributed by atoms with E-state index in [-0.39, 0.29) is 0 Å². The van der Waals surface area contributed by atoms with Crippen molar-refractivity contribution in [2.24, 2.45) is 17.3 Å². The van der Waals surface area contributed by atoms with Crippen molar-refractivity contribution in [1.29, 1.82) is 0 Å². The summed E-state index contributed by atoms with van der Waals surface area (Å²) in [6.45, 7) is 4.08. The molecular formula is C13H14F6O4. The van der Waals surface area contributed by atoms with Gasteiger partial charge in [0, 0.05) is 5.57 Å². The van der Waals surface area contributed by atoms with Gasteiger partial charge in [-0.05, 0) is 18.3 Å². The van der Waals surface area contributed by atoms with Crippen LogP contribution in [0.1, 0.15) is 20.8 Å². The molecule has 1 N–H and O–H groups in total. The van der Waals surface area contributed by atoms with Crippen LogP contribution >= 0.6 is 0 Å². The van der Waals surface area contributed by atoms with Crippen molar-refractivity contribution < 1.29 is 45.8 Å². The number of halogens is 6. The van der Waals surface area contributed by atoms with Gasteiger partial charge in [-0.3, -0.25) is 4.79 Å². The lowest BCUT2D eigenvalue weighted by molar-refractivity contribution is -0.312. The first-order valence-electron chi connectivity index (χ1n) is 6.35. The second-order valence-electron chi connectivity index (χ2n) is 5.88. The standard InChI is InChI=1S/C13H14F6O4/c1-5(4-6-7(8(20)21)11(6,2)3)9(22)23-10(12(14,15)16)13(17,18)19/h4,6-7,10H,1-3H3,(H,20,21). The fraction of sp³-hybridized carbons (Fsp3) is 0.692. The van der Waals surface area contributed by atoms with Gasteiger partial charge in [0.05, 0.1) is 5.92 Å². The van der Waals surface area contributed by atoms with Gasteiger partial charge in [-0.15, -0.1) is 0 Å². The van der Waals surface area contributed by atoms with Crippen LogP contribution in [0.2, 0.25) is 0 Å². The second kappa shape index (κ2) is 5.72. The lowest BCUT2D eigenvalue weighted by Crippen LogP contribution is -2.45. The third kappa shape index (κ3) is 4.17. The zero-order valence-electron chi connectivity index (χ0n) is 12.2. The number of carbonyl (C=O) groups excluding carboxylic acids is 1. The number of hydrogen-bond acceptors (Lipinski definition) is 3. The van der Waals surface area contributed by atoms with Crippen molar-refractivity contribution in [3.05, 3.63) is 11.6 Å². The second-order valence-corrected chi connectivity index (χ2v) is 5.88. The van der Waals surface area contributed by atoms with Crippen LogP contribution in [0.4, 0.5) is 26.3 Å². The maximum Gasteiger partial charge on any atom is 0.434 e. The number of alkyl halides is 6. The first-order chi connectivity index (χ1) is 10.1. The fourth-order valence-corrected chi connectivity index (χ4v) is 2.32.